The third-order valence-corrected chi connectivity index (χ3v) is 4.08. The van der Waals surface area contributed by atoms with E-state index in [2.05, 4.69) is 26.8 Å². The first-order valence-corrected chi connectivity index (χ1v) is 6.43. The Morgan fingerprint density at radius 3 is 2.64 bits per heavy atom. The fourth-order valence-corrected chi connectivity index (χ4v) is 2.86. The Balaban J connectivity index is 2.79. The zero-order chi connectivity index (χ0) is 10.6. The second kappa shape index (κ2) is 5.42. The van der Waals surface area contributed by atoms with Crippen molar-refractivity contribution in [1.82, 2.24) is 0 Å². The van der Waals surface area contributed by atoms with Gasteiger partial charge in [0, 0.05) is 5.56 Å². The SMILES string of the molecule is CCCC[S+]([O-])c1cccc(C)c1C. The van der Waals surface area contributed by atoms with E-state index < -0.39 is 11.2 Å². The van der Waals surface area contributed by atoms with Crippen LogP contribution in [-0.4, -0.2) is 10.3 Å². The van der Waals surface area contributed by atoms with Crippen molar-refractivity contribution in [3.8, 4) is 0 Å². The van der Waals surface area contributed by atoms with E-state index in [4.69, 9.17) is 0 Å². The third kappa shape index (κ3) is 2.76. The molecule has 2 heteroatoms. The van der Waals surface area contributed by atoms with Crippen LogP contribution in [0.25, 0.3) is 0 Å². The van der Waals surface area contributed by atoms with Gasteiger partial charge in [0.2, 0.25) is 0 Å². The molecule has 0 N–H and O–H groups in total. The molecule has 1 unspecified atom stereocenters. The number of rotatable bonds is 4. The summed E-state index contributed by atoms with van der Waals surface area (Å²) in [6, 6.07) is 6.03. The van der Waals surface area contributed by atoms with E-state index in [0.717, 1.165) is 23.5 Å². The maximum Gasteiger partial charge on any atom is 0.155 e. The van der Waals surface area contributed by atoms with Gasteiger partial charge >= 0.3 is 0 Å². The number of hydrogen-bond donors (Lipinski definition) is 0. The molecule has 0 saturated heterocycles. The minimum Gasteiger partial charge on any atom is -0.611 e. The van der Waals surface area contributed by atoms with Crippen LogP contribution in [0.5, 0.6) is 0 Å². The number of benzene rings is 1. The average Bonchev–Trinajstić information content (AvgIpc) is 2.18. The van der Waals surface area contributed by atoms with Gasteiger partial charge < -0.3 is 4.55 Å². The molecule has 1 rings (SSSR count). The summed E-state index contributed by atoms with van der Waals surface area (Å²) in [5, 5.41) is 0. The summed E-state index contributed by atoms with van der Waals surface area (Å²) in [7, 11) is 0. The molecule has 0 heterocycles. The van der Waals surface area contributed by atoms with E-state index in [1.165, 1.54) is 11.1 Å². The van der Waals surface area contributed by atoms with Crippen LogP contribution >= 0.6 is 0 Å². The molecular weight excluding hydrogens is 192 g/mol. The second-order valence-corrected chi connectivity index (χ2v) is 5.14. The van der Waals surface area contributed by atoms with E-state index in [1.807, 2.05) is 12.1 Å². The largest absolute Gasteiger partial charge is 0.611 e. The van der Waals surface area contributed by atoms with Crippen molar-refractivity contribution in [2.45, 2.75) is 38.5 Å². The zero-order valence-corrected chi connectivity index (χ0v) is 9.99. The molecule has 0 amide bonds. The van der Waals surface area contributed by atoms with Crippen LogP contribution in [0.15, 0.2) is 23.1 Å². The van der Waals surface area contributed by atoms with Crippen LogP contribution in [0.2, 0.25) is 0 Å². The van der Waals surface area contributed by atoms with Gasteiger partial charge in [-0.05, 0) is 43.1 Å². The fraction of sp³-hybridized carbons (Fsp3) is 0.500. The molecule has 1 atom stereocenters. The lowest BCUT2D eigenvalue weighted by Crippen LogP contribution is -2.08. The summed E-state index contributed by atoms with van der Waals surface area (Å²) in [6.45, 7) is 6.24. The molecule has 1 aromatic carbocycles. The van der Waals surface area contributed by atoms with Gasteiger partial charge in [0.15, 0.2) is 4.90 Å². The van der Waals surface area contributed by atoms with Gasteiger partial charge in [-0.3, -0.25) is 0 Å². The van der Waals surface area contributed by atoms with Gasteiger partial charge in [0.25, 0.3) is 0 Å². The van der Waals surface area contributed by atoms with Crippen LogP contribution in [-0.2, 0) is 11.2 Å². The zero-order valence-electron chi connectivity index (χ0n) is 9.17. The number of aryl methyl sites for hydroxylation is 1. The second-order valence-electron chi connectivity index (χ2n) is 3.60. The van der Waals surface area contributed by atoms with E-state index in [1.54, 1.807) is 0 Å². The first-order valence-electron chi connectivity index (χ1n) is 5.11. The topological polar surface area (TPSA) is 23.1 Å². The predicted molar refractivity (Wildman–Crippen MR) is 62.1 cm³/mol. The maximum atomic E-state index is 11.9. The molecule has 0 bridgehead atoms. The summed E-state index contributed by atoms with van der Waals surface area (Å²) >= 11 is -0.805. The van der Waals surface area contributed by atoms with Crippen LogP contribution < -0.4 is 0 Å². The number of hydrogen-bond acceptors (Lipinski definition) is 1. The fourth-order valence-electron chi connectivity index (χ4n) is 1.36. The Hall–Kier alpha value is -0.470. The van der Waals surface area contributed by atoms with Crippen molar-refractivity contribution in [2.24, 2.45) is 0 Å². The van der Waals surface area contributed by atoms with E-state index in [-0.39, 0.29) is 0 Å². The minimum atomic E-state index is -0.805. The van der Waals surface area contributed by atoms with Crippen molar-refractivity contribution in [1.29, 1.82) is 0 Å². The molecule has 0 aromatic heterocycles. The van der Waals surface area contributed by atoms with Crippen molar-refractivity contribution in [2.75, 3.05) is 5.75 Å². The van der Waals surface area contributed by atoms with Gasteiger partial charge in [-0.2, -0.15) is 0 Å². The third-order valence-electron chi connectivity index (χ3n) is 2.48. The predicted octanol–water partition coefficient (Wildman–Crippen LogP) is 3.21. The standard InChI is InChI=1S/C12H18OS/c1-4-5-9-14(13)12-8-6-7-10(2)11(12)3/h6-8H,4-5,9H2,1-3H3. The van der Waals surface area contributed by atoms with Crippen molar-refractivity contribution >= 4 is 11.2 Å². The first-order chi connectivity index (χ1) is 6.66. The molecule has 0 aliphatic heterocycles. The summed E-state index contributed by atoms with van der Waals surface area (Å²) in [5.74, 6) is 0.792. The van der Waals surface area contributed by atoms with E-state index >= 15 is 0 Å². The Labute approximate surface area is 89.7 Å². The molecular formula is C12H18OS. The molecule has 78 valence electrons. The summed E-state index contributed by atoms with van der Waals surface area (Å²) in [4.78, 5) is 1.01. The molecule has 1 aromatic rings. The highest BCUT2D eigenvalue weighted by Crippen LogP contribution is 2.20. The van der Waals surface area contributed by atoms with Gasteiger partial charge in [0.05, 0.1) is 0 Å². The van der Waals surface area contributed by atoms with E-state index in [0.29, 0.717) is 0 Å². The van der Waals surface area contributed by atoms with Crippen LogP contribution in [0.1, 0.15) is 30.9 Å². The summed E-state index contributed by atoms with van der Waals surface area (Å²) in [5.41, 5.74) is 2.41. The van der Waals surface area contributed by atoms with E-state index in [9.17, 15) is 4.55 Å². The smallest absolute Gasteiger partial charge is 0.155 e. The summed E-state index contributed by atoms with van der Waals surface area (Å²) < 4.78 is 11.9. The highest BCUT2D eigenvalue weighted by atomic mass is 32.2. The Morgan fingerprint density at radius 1 is 1.29 bits per heavy atom. The Kier molecular flexibility index (Phi) is 4.49. The normalized spacial score (nSPS) is 12.9. The first kappa shape index (κ1) is 11.6. The highest BCUT2D eigenvalue weighted by molar-refractivity contribution is 7.91. The lowest BCUT2D eigenvalue weighted by molar-refractivity contribution is 0.591. The van der Waals surface area contributed by atoms with Gasteiger partial charge in [0.1, 0.15) is 5.75 Å². The minimum absolute atomic E-state index is 0.792. The quantitative estimate of drug-likeness (QED) is 0.700. The van der Waals surface area contributed by atoms with Crippen LogP contribution in [0.3, 0.4) is 0 Å². The highest BCUT2D eigenvalue weighted by Gasteiger charge is 2.13. The monoisotopic (exact) mass is 210 g/mol. The van der Waals surface area contributed by atoms with Gasteiger partial charge in [-0.1, -0.05) is 25.5 Å². The van der Waals surface area contributed by atoms with Crippen molar-refractivity contribution in [3.63, 3.8) is 0 Å². The molecule has 0 fully saturated rings. The lowest BCUT2D eigenvalue weighted by atomic mass is 10.1. The molecule has 0 radical (unpaired) electrons. The molecule has 14 heavy (non-hydrogen) atoms. The average molecular weight is 210 g/mol. The maximum absolute atomic E-state index is 11.9. The molecule has 0 spiro atoms. The lowest BCUT2D eigenvalue weighted by Gasteiger charge is -2.13. The molecule has 0 saturated carbocycles. The Morgan fingerprint density at radius 2 is 2.00 bits per heavy atom. The van der Waals surface area contributed by atoms with Crippen LogP contribution in [0.4, 0.5) is 0 Å². The molecule has 1 nitrogen and oxygen atoms in total. The summed E-state index contributed by atoms with van der Waals surface area (Å²) in [6.07, 6.45) is 2.15. The van der Waals surface area contributed by atoms with Gasteiger partial charge in [-0.15, -0.1) is 0 Å². The van der Waals surface area contributed by atoms with Crippen molar-refractivity contribution in [3.05, 3.63) is 29.3 Å². The molecule has 0 aliphatic rings. The van der Waals surface area contributed by atoms with Crippen LogP contribution in [0, 0.1) is 13.8 Å². The Bertz CT molecular complexity index is 296. The number of unbranched alkanes of at least 4 members (excludes halogenated alkanes) is 1. The molecule has 0 aliphatic carbocycles. The van der Waals surface area contributed by atoms with Crippen molar-refractivity contribution < 1.29 is 4.55 Å². The van der Waals surface area contributed by atoms with Gasteiger partial charge in [-0.25, -0.2) is 0 Å².